The predicted molar refractivity (Wildman–Crippen MR) is 127 cm³/mol. The van der Waals surface area contributed by atoms with Gasteiger partial charge in [-0.3, -0.25) is 9.69 Å². The summed E-state index contributed by atoms with van der Waals surface area (Å²) in [5.41, 5.74) is 3.33. The van der Waals surface area contributed by atoms with Crippen LogP contribution < -0.4 is 10.1 Å². The molecule has 168 valence electrons. The van der Waals surface area contributed by atoms with Crippen molar-refractivity contribution < 1.29 is 9.53 Å². The number of ether oxygens (including phenoxy) is 1. The van der Waals surface area contributed by atoms with Gasteiger partial charge in [-0.2, -0.15) is 0 Å². The van der Waals surface area contributed by atoms with Crippen LogP contribution >= 0.6 is 0 Å². The molecule has 0 bridgehead atoms. The molecule has 0 atom stereocenters. The van der Waals surface area contributed by atoms with Crippen molar-refractivity contribution in [1.29, 1.82) is 0 Å². The van der Waals surface area contributed by atoms with E-state index in [1.165, 1.54) is 11.1 Å². The van der Waals surface area contributed by atoms with E-state index in [4.69, 9.17) is 4.74 Å². The average Bonchev–Trinajstić information content (AvgIpc) is 2.75. The summed E-state index contributed by atoms with van der Waals surface area (Å²) in [6, 6.07) is 17.2. The van der Waals surface area contributed by atoms with Gasteiger partial charge in [0.25, 0.3) is 0 Å². The molecule has 0 radical (unpaired) electrons. The Morgan fingerprint density at radius 1 is 1.10 bits per heavy atom. The Labute approximate surface area is 188 Å². The van der Waals surface area contributed by atoms with Crippen LogP contribution in [0.5, 0.6) is 5.75 Å². The zero-order valence-corrected chi connectivity index (χ0v) is 19.6. The number of aryl methyl sites for hydroxylation is 2. The molecule has 0 unspecified atom stereocenters. The Kier molecular flexibility index (Phi) is 8.14. The largest absolute Gasteiger partial charge is 0.493 e. The molecule has 0 aliphatic carbocycles. The number of nitrogens with one attached hydrogen (secondary N) is 1. The third kappa shape index (κ3) is 7.10. The second-order valence-electron chi connectivity index (χ2n) is 9.61. The summed E-state index contributed by atoms with van der Waals surface area (Å²) in [5.74, 6) is 1.12. The van der Waals surface area contributed by atoms with Crippen molar-refractivity contribution in [2.75, 3.05) is 19.7 Å². The van der Waals surface area contributed by atoms with Gasteiger partial charge in [-0.15, -0.1) is 0 Å². The molecular weight excluding hydrogens is 384 g/mol. The topological polar surface area (TPSA) is 41.6 Å². The number of rotatable bonds is 9. The fourth-order valence-corrected chi connectivity index (χ4v) is 4.13. The van der Waals surface area contributed by atoms with E-state index in [1.54, 1.807) is 0 Å². The number of amides is 1. The lowest BCUT2D eigenvalue weighted by Gasteiger charge is -2.34. The van der Waals surface area contributed by atoms with Gasteiger partial charge in [0.05, 0.1) is 6.61 Å². The molecule has 3 rings (SSSR count). The van der Waals surface area contributed by atoms with Crippen LogP contribution in [0.2, 0.25) is 0 Å². The van der Waals surface area contributed by atoms with Crippen LogP contribution in [0.15, 0.2) is 48.5 Å². The highest BCUT2D eigenvalue weighted by molar-refractivity contribution is 5.82. The number of benzene rings is 2. The monoisotopic (exact) mass is 422 g/mol. The van der Waals surface area contributed by atoms with Crippen molar-refractivity contribution in [3.05, 3.63) is 65.2 Å². The van der Waals surface area contributed by atoms with Crippen LogP contribution in [0.4, 0.5) is 0 Å². The van der Waals surface area contributed by atoms with Gasteiger partial charge >= 0.3 is 0 Å². The predicted octanol–water partition coefficient (Wildman–Crippen LogP) is 5.27. The summed E-state index contributed by atoms with van der Waals surface area (Å²) in [4.78, 5) is 15.4. The third-order valence-corrected chi connectivity index (χ3v) is 6.33. The van der Waals surface area contributed by atoms with Crippen molar-refractivity contribution in [3.8, 4) is 5.75 Å². The minimum atomic E-state index is -0.383. The van der Waals surface area contributed by atoms with E-state index in [1.807, 2.05) is 13.8 Å². The minimum absolute atomic E-state index is 0.167. The van der Waals surface area contributed by atoms with Crippen molar-refractivity contribution in [2.24, 2.45) is 5.41 Å². The fraction of sp³-hybridized carbons (Fsp3) is 0.519. The maximum absolute atomic E-state index is 12.9. The van der Waals surface area contributed by atoms with Gasteiger partial charge in [0.2, 0.25) is 5.91 Å². The standard InChI is InChI=1S/C27H38N2O2/c1-21-11-12-22(2)25(19-21)31-18-8-15-27(3,4)26(30)28-24-13-16-29(17-14-24)20-23-9-6-5-7-10-23/h5-7,9-12,19,24H,8,13-18,20H2,1-4H3,(H,28,30). The van der Waals surface area contributed by atoms with Crippen molar-refractivity contribution >= 4 is 5.91 Å². The number of carbonyl (C=O) groups is 1. The summed E-state index contributed by atoms with van der Waals surface area (Å²) in [7, 11) is 0. The zero-order valence-electron chi connectivity index (χ0n) is 19.6. The van der Waals surface area contributed by atoms with Gasteiger partial charge < -0.3 is 10.1 Å². The fourth-order valence-electron chi connectivity index (χ4n) is 4.13. The van der Waals surface area contributed by atoms with E-state index in [9.17, 15) is 4.79 Å². The molecule has 1 aliphatic rings. The lowest BCUT2D eigenvalue weighted by molar-refractivity contribution is -0.130. The van der Waals surface area contributed by atoms with E-state index >= 15 is 0 Å². The Morgan fingerprint density at radius 2 is 1.81 bits per heavy atom. The van der Waals surface area contributed by atoms with Crippen LogP contribution in [0.1, 0.15) is 56.2 Å². The SMILES string of the molecule is Cc1ccc(C)c(OCCCC(C)(C)C(=O)NC2CCN(Cc3ccccc3)CC2)c1. The molecule has 0 spiro atoms. The van der Waals surface area contributed by atoms with Crippen LogP contribution in [-0.4, -0.2) is 36.5 Å². The summed E-state index contributed by atoms with van der Waals surface area (Å²) < 4.78 is 5.97. The summed E-state index contributed by atoms with van der Waals surface area (Å²) >= 11 is 0. The highest BCUT2D eigenvalue weighted by Gasteiger charge is 2.30. The number of piperidine rings is 1. The Morgan fingerprint density at radius 3 is 2.52 bits per heavy atom. The maximum atomic E-state index is 12.9. The van der Waals surface area contributed by atoms with Gasteiger partial charge in [-0.1, -0.05) is 56.3 Å². The van der Waals surface area contributed by atoms with E-state index in [0.717, 1.165) is 56.6 Å². The molecule has 1 aliphatic heterocycles. The number of hydrogen-bond acceptors (Lipinski definition) is 3. The molecule has 31 heavy (non-hydrogen) atoms. The lowest BCUT2D eigenvalue weighted by Crippen LogP contribution is -2.48. The van der Waals surface area contributed by atoms with Gasteiger partial charge in [0, 0.05) is 31.1 Å². The molecule has 4 nitrogen and oxygen atoms in total. The van der Waals surface area contributed by atoms with Gasteiger partial charge in [0.1, 0.15) is 5.75 Å². The molecule has 1 fully saturated rings. The number of likely N-dealkylation sites (tertiary alicyclic amines) is 1. The number of nitrogens with zero attached hydrogens (tertiary/aromatic N) is 1. The first-order valence-corrected chi connectivity index (χ1v) is 11.6. The molecule has 0 aromatic heterocycles. The Hall–Kier alpha value is -2.33. The molecule has 1 amide bonds. The molecule has 1 N–H and O–H groups in total. The van der Waals surface area contributed by atoms with Crippen LogP contribution in [0.25, 0.3) is 0 Å². The highest BCUT2D eigenvalue weighted by Crippen LogP contribution is 2.25. The molecule has 4 heteroatoms. The van der Waals surface area contributed by atoms with Crippen molar-refractivity contribution in [1.82, 2.24) is 10.2 Å². The first kappa shape index (κ1) is 23.3. The van der Waals surface area contributed by atoms with E-state index in [0.29, 0.717) is 6.61 Å². The van der Waals surface area contributed by atoms with Crippen LogP contribution in [0.3, 0.4) is 0 Å². The van der Waals surface area contributed by atoms with Crippen molar-refractivity contribution in [2.45, 2.75) is 66.0 Å². The third-order valence-electron chi connectivity index (χ3n) is 6.33. The number of hydrogen-bond donors (Lipinski definition) is 1. The second kappa shape index (κ2) is 10.8. The summed E-state index contributed by atoms with van der Waals surface area (Å²) in [6.45, 7) is 11.9. The molecule has 0 saturated carbocycles. The van der Waals surface area contributed by atoms with Gasteiger partial charge in [-0.25, -0.2) is 0 Å². The average molecular weight is 423 g/mol. The maximum Gasteiger partial charge on any atom is 0.225 e. The first-order chi connectivity index (χ1) is 14.8. The molecule has 1 saturated heterocycles. The quantitative estimate of drug-likeness (QED) is 0.560. The first-order valence-electron chi connectivity index (χ1n) is 11.6. The van der Waals surface area contributed by atoms with Crippen LogP contribution in [-0.2, 0) is 11.3 Å². The van der Waals surface area contributed by atoms with Crippen molar-refractivity contribution in [3.63, 3.8) is 0 Å². The minimum Gasteiger partial charge on any atom is -0.493 e. The second-order valence-corrected chi connectivity index (χ2v) is 9.61. The molecule has 2 aromatic carbocycles. The van der Waals surface area contributed by atoms with E-state index < -0.39 is 0 Å². The van der Waals surface area contributed by atoms with E-state index in [-0.39, 0.29) is 17.4 Å². The van der Waals surface area contributed by atoms with E-state index in [2.05, 4.69) is 72.6 Å². The highest BCUT2D eigenvalue weighted by atomic mass is 16.5. The summed E-state index contributed by atoms with van der Waals surface area (Å²) in [6.07, 6.45) is 3.72. The number of carbonyl (C=O) groups excluding carboxylic acids is 1. The Balaban J connectivity index is 1.37. The molecule has 2 aromatic rings. The normalized spacial score (nSPS) is 15.6. The molecular formula is C27H38N2O2. The Bertz CT molecular complexity index is 840. The smallest absolute Gasteiger partial charge is 0.225 e. The van der Waals surface area contributed by atoms with Crippen LogP contribution in [0, 0.1) is 19.3 Å². The van der Waals surface area contributed by atoms with Gasteiger partial charge in [0.15, 0.2) is 0 Å². The zero-order chi connectivity index (χ0) is 22.3. The molecule has 1 heterocycles. The lowest BCUT2D eigenvalue weighted by atomic mass is 9.86. The summed E-state index contributed by atoms with van der Waals surface area (Å²) in [5, 5.41) is 3.31. The van der Waals surface area contributed by atoms with Gasteiger partial charge in [-0.05, 0) is 62.3 Å².